The lowest BCUT2D eigenvalue weighted by Crippen LogP contribution is -2.11. The molecule has 1 heterocycles. The van der Waals surface area contributed by atoms with E-state index in [1.54, 1.807) is 18.2 Å². The van der Waals surface area contributed by atoms with E-state index in [1.807, 2.05) is 12.1 Å². The molecule has 3 rings (SSSR count). The largest absolute Gasteiger partial charge is 0.467 e. The lowest BCUT2D eigenvalue weighted by Gasteiger charge is -2.19. The molecule has 0 aliphatic carbocycles. The van der Waals surface area contributed by atoms with E-state index in [-0.39, 0.29) is 18.0 Å². The predicted octanol–water partition coefficient (Wildman–Crippen LogP) is 4.66. The first-order valence-electron chi connectivity index (χ1n) is 8.62. The van der Waals surface area contributed by atoms with Crippen LogP contribution in [0.5, 0.6) is 6.01 Å². The van der Waals surface area contributed by atoms with Crippen molar-refractivity contribution in [2.75, 3.05) is 7.11 Å². The lowest BCUT2D eigenvalue weighted by molar-refractivity contribution is 0.282. The molecule has 0 radical (unpaired) electrons. The SMILES string of the molecule is COc1nc(-c2cccc(C(C)(C)C)c2)nc(-c2cc(CO)ccc2Cl)n1. The predicted molar refractivity (Wildman–Crippen MR) is 107 cm³/mol. The van der Waals surface area contributed by atoms with Gasteiger partial charge in [0.2, 0.25) is 0 Å². The number of aliphatic hydroxyl groups is 1. The second-order valence-corrected chi connectivity index (χ2v) is 7.68. The van der Waals surface area contributed by atoms with Gasteiger partial charge in [-0.2, -0.15) is 9.97 Å². The molecule has 0 unspecified atom stereocenters. The van der Waals surface area contributed by atoms with Crippen LogP contribution in [0.25, 0.3) is 22.8 Å². The molecule has 2 aromatic carbocycles. The van der Waals surface area contributed by atoms with Crippen LogP contribution >= 0.6 is 11.6 Å². The molecule has 0 atom stereocenters. The first kappa shape index (κ1) is 19.3. The highest BCUT2D eigenvalue weighted by atomic mass is 35.5. The van der Waals surface area contributed by atoms with Crippen LogP contribution in [-0.4, -0.2) is 27.2 Å². The smallest absolute Gasteiger partial charge is 0.320 e. The Morgan fingerprint density at radius 2 is 1.74 bits per heavy atom. The van der Waals surface area contributed by atoms with Gasteiger partial charge in [-0.25, -0.2) is 4.98 Å². The van der Waals surface area contributed by atoms with E-state index in [4.69, 9.17) is 16.3 Å². The maximum Gasteiger partial charge on any atom is 0.320 e. The Labute approximate surface area is 164 Å². The molecule has 27 heavy (non-hydrogen) atoms. The summed E-state index contributed by atoms with van der Waals surface area (Å²) in [4.78, 5) is 13.4. The van der Waals surface area contributed by atoms with Gasteiger partial charge in [-0.05, 0) is 34.7 Å². The van der Waals surface area contributed by atoms with Crippen LogP contribution in [0.4, 0.5) is 0 Å². The van der Waals surface area contributed by atoms with Crippen LogP contribution in [0.15, 0.2) is 42.5 Å². The molecule has 0 fully saturated rings. The van der Waals surface area contributed by atoms with Crippen LogP contribution in [0, 0.1) is 0 Å². The third kappa shape index (κ3) is 4.26. The van der Waals surface area contributed by atoms with E-state index in [0.717, 1.165) is 11.1 Å². The molecule has 5 nitrogen and oxygen atoms in total. The van der Waals surface area contributed by atoms with Crippen molar-refractivity contribution >= 4 is 11.6 Å². The molecule has 140 valence electrons. The van der Waals surface area contributed by atoms with Crippen LogP contribution < -0.4 is 4.74 Å². The third-order valence-corrected chi connectivity index (χ3v) is 4.57. The van der Waals surface area contributed by atoms with Crippen molar-refractivity contribution < 1.29 is 9.84 Å². The summed E-state index contributed by atoms with van der Waals surface area (Å²) < 4.78 is 5.28. The summed E-state index contributed by atoms with van der Waals surface area (Å²) in [6.07, 6.45) is 0. The quantitative estimate of drug-likeness (QED) is 0.709. The number of rotatable bonds is 4. The van der Waals surface area contributed by atoms with Crippen LogP contribution in [0.2, 0.25) is 5.02 Å². The standard InChI is InChI=1S/C21H22ClN3O2/c1-21(2,3)15-7-5-6-14(11-15)18-23-19(25-20(24-18)27-4)16-10-13(12-26)8-9-17(16)22/h5-11,26H,12H2,1-4H3. The fourth-order valence-corrected chi connectivity index (χ4v) is 2.87. The van der Waals surface area contributed by atoms with Crippen molar-refractivity contribution in [2.24, 2.45) is 0 Å². The van der Waals surface area contributed by atoms with Gasteiger partial charge in [-0.1, -0.05) is 56.6 Å². The average Bonchev–Trinajstić information content (AvgIpc) is 2.67. The second-order valence-electron chi connectivity index (χ2n) is 7.27. The van der Waals surface area contributed by atoms with Gasteiger partial charge in [0.05, 0.1) is 18.7 Å². The van der Waals surface area contributed by atoms with E-state index in [9.17, 15) is 5.11 Å². The van der Waals surface area contributed by atoms with Gasteiger partial charge >= 0.3 is 6.01 Å². The van der Waals surface area contributed by atoms with Crippen LogP contribution in [0.3, 0.4) is 0 Å². The summed E-state index contributed by atoms with van der Waals surface area (Å²) in [5.41, 5.74) is 3.41. The number of ether oxygens (including phenoxy) is 1. The third-order valence-electron chi connectivity index (χ3n) is 4.24. The molecule has 3 aromatic rings. The van der Waals surface area contributed by atoms with Crippen LogP contribution in [-0.2, 0) is 12.0 Å². The molecular formula is C21H22ClN3O2. The van der Waals surface area contributed by atoms with Gasteiger partial charge in [-0.3, -0.25) is 0 Å². The molecule has 6 heteroatoms. The Hall–Kier alpha value is -2.50. The first-order chi connectivity index (χ1) is 12.8. The highest BCUT2D eigenvalue weighted by molar-refractivity contribution is 6.33. The summed E-state index contributed by atoms with van der Waals surface area (Å²) >= 11 is 6.34. The van der Waals surface area contributed by atoms with Gasteiger partial charge in [0, 0.05) is 11.1 Å². The number of methoxy groups -OCH3 is 1. The van der Waals surface area contributed by atoms with E-state index in [1.165, 1.54) is 12.7 Å². The van der Waals surface area contributed by atoms with Crippen molar-refractivity contribution in [1.29, 1.82) is 0 Å². The minimum Gasteiger partial charge on any atom is -0.467 e. The van der Waals surface area contributed by atoms with E-state index < -0.39 is 0 Å². The highest BCUT2D eigenvalue weighted by Gasteiger charge is 2.17. The number of hydrogen-bond acceptors (Lipinski definition) is 5. The van der Waals surface area contributed by atoms with Gasteiger partial charge in [0.15, 0.2) is 11.6 Å². The minimum atomic E-state index is -0.0904. The van der Waals surface area contributed by atoms with Gasteiger partial charge in [0.1, 0.15) is 0 Å². The Morgan fingerprint density at radius 1 is 1.00 bits per heavy atom. The normalized spacial score (nSPS) is 11.5. The van der Waals surface area contributed by atoms with Crippen molar-refractivity contribution in [3.63, 3.8) is 0 Å². The molecule has 1 N–H and O–H groups in total. The van der Waals surface area contributed by atoms with Crippen molar-refractivity contribution in [1.82, 2.24) is 15.0 Å². The van der Waals surface area contributed by atoms with Crippen molar-refractivity contribution in [2.45, 2.75) is 32.8 Å². The van der Waals surface area contributed by atoms with E-state index in [2.05, 4.69) is 47.9 Å². The zero-order valence-electron chi connectivity index (χ0n) is 15.8. The minimum absolute atomic E-state index is 0.00865. The zero-order valence-corrected chi connectivity index (χ0v) is 16.6. The molecule has 0 bridgehead atoms. The molecular weight excluding hydrogens is 362 g/mol. The van der Waals surface area contributed by atoms with Crippen molar-refractivity contribution in [3.05, 3.63) is 58.6 Å². The van der Waals surface area contributed by atoms with Crippen molar-refractivity contribution in [3.8, 4) is 28.8 Å². The van der Waals surface area contributed by atoms with Crippen LogP contribution in [0.1, 0.15) is 31.9 Å². The van der Waals surface area contributed by atoms with Gasteiger partial charge in [0.25, 0.3) is 0 Å². The topological polar surface area (TPSA) is 68.1 Å². The second kappa shape index (κ2) is 7.62. The van der Waals surface area contributed by atoms with E-state index >= 15 is 0 Å². The first-order valence-corrected chi connectivity index (χ1v) is 9.00. The zero-order chi connectivity index (χ0) is 19.6. The Kier molecular flexibility index (Phi) is 5.44. The number of benzene rings is 2. The number of aliphatic hydroxyl groups excluding tert-OH is 1. The highest BCUT2D eigenvalue weighted by Crippen LogP contribution is 2.30. The summed E-state index contributed by atoms with van der Waals surface area (Å²) in [6.45, 7) is 6.38. The fraction of sp³-hybridized carbons (Fsp3) is 0.286. The molecule has 0 saturated heterocycles. The number of nitrogens with zero attached hydrogens (tertiary/aromatic N) is 3. The monoisotopic (exact) mass is 383 g/mol. The number of hydrogen-bond donors (Lipinski definition) is 1. The Bertz CT molecular complexity index is 968. The molecule has 0 amide bonds. The maximum absolute atomic E-state index is 9.42. The van der Waals surface area contributed by atoms with Gasteiger partial charge in [-0.15, -0.1) is 0 Å². The van der Waals surface area contributed by atoms with E-state index in [0.29, 0.717) is 22.2 Å². The number of aromatic nitrogens is 3. The molecule has 0 saturated carbocycles. The summed E-state index contributed by atoms with van der Waals surface area (Å²) in [5, 5.41) is 9.91. The average molecular weight is 384 g/mol. The molecule has 0 aliphatic heterocycles. The fourth-order valence-electron chi connectivity index (χ4n) is 2.66. The molecule has 0 spiro atoms. The lowest BCUT2D eigenvalue weighted by atomic mass is 9.86. The molecule has 1 aromatic heterocycles. The van der Waals surface area contributed by atoms with Gasteiger partial charge < -0.3 is 9.84 Å². The molecule has 0 aliphatic rings. The summed E-state index contributed by atoms with van der Waals surface area (Å²) in [7, 11) is 1.51. The summed E-state index contributed by atoms with van der Waals surface area (Å²) in [6, 6.07) is 13.6. The Morgan fingerprint density at radius 3 is 2.41 bits per heavy atom. The summed E-state index contributed by atoms with van der Waals surface area (Å²) in [5.74, 6) is 0.909. The number of halogens is 1. The Balaban J connectivity index is 2.16. The maximum atomic E-state index is 9.42.